The van der Waals surface area contributed by atoms with Crippen LogP contribution in [0.2, 0.25) is 0 Å². The Balaban J connectivity index is 1.42. The van der Waals surface area contributed by atoms with E-state index in [1.807, 2.05) is 0 Å². The molecule has 3 nitrogen and oxygen atoms in total. The Bertz CT molecular complexity index is 711. The zero-order valence-electron chi connectivity index (χ0n) is 16.7. The minimum Gasteiger partial charge on any atom is -0.353 e. The molecule has 0 aromatic heterocycles. The van der Waals surface area contributed by atoms with Crippen molar-refractivity contribution in [3.8, 4) is 0 Å². The van der Waals surface area contributed by atoms with E-state index in [1.165, 1.54) is 18.4 Å². The van der Waals surface area contributed by atoms with Crippen molar-refractivity contribution in [1.82, 2.24) is 5.32 Å². The van der Waals surface area contributed by atoms with Crippen LogP contribution < -0.4 is 11.1 Å². The molecular formula is C24H33ClN2O. The lowest BCUT2D eigenvalue weighted by Crippen LogP contribution is -2.63. The van der Waals surface area contributed by atoms with Gasteiger partial charge in [-0.1, -0.05) is 30.3 Å². The Morgan fingerprint density at radius 3 is 2.29 bits per heavy atom. The highest BCUT2D eigenvalue weighted by Crippen LogP contribution is 2.67. The molecule has 5 fully saturated rings. The van der Waals surface area contributed by atoms with Gasteiger partial charge in [0.2, 0.25) is 5.91 Å². The first-order chi connectivity index (χ1) is 13.5. The molecule has 0 radical (unpaired) electrons. The SMILES string of the molecule is N[C@H]1CC[C@H](NC(=O)C23CC4CC(c5ccccc5)(CC(C2)C4CCl)C3)CC1. The first kappa shape index (κ1) is 18.9. The molecule has 4 heteroatoms. The molecule has 152 valence electrons. The molecule has 2 atom stereocenters. The highest BCUT2D eigenvalue weighted by molar-refractivity contribution is 6.18. The van der Waals surface area contributed by atoms with Crippen molar-refractivity contribution in [3.05, 3.63) is 35.9 Å². The van der Waals surface area contributed by atoms with E-state index in [4.69, 9.17) is 17.3 Å². The van der Waals surface area contributed by atoms with E-state index in [1.54, 1.807) is 0 Å². The van der Waals surface area contributed by atoms with Gasteiger partial charge in [0.1, 0.15) is 0 Å². The van der Waals surface area contributed by atoms with Crippen LogP contribution in [0, 0.1) is 23.2 Å². The maximum absolute atomic E-state index is 13.6. The number of nitrogens with one attached hydrogen (secondary N) is 1. The minimum atomic E-state index is -0.191. The fraction of sp³-hybridized carbons (Fsp3) is 0.708. The monoisotopic (exact) mass is 400 g/mol. The molecule has 0 spiro atoms. The number of hydrogen-bond donors (Lipinski definition) is 2. The van der Waals surface area contributed by atoms with Crippen LogP contribution in [-0.2, 0) is 10.2 Å². The molecular weight excluding hydrogens is 368 g/mol. The Hall–Kier alpha value is -1.06. The molecule has 0 saturated heterocycles. The molecule has 0 heterocycles. The molecule has 0 aliphatic heterocycles. The van der Waals surface area contributed by atoms with Crippen LogP contribution in [-0.4, -0.2) is 23.9 Å². The first-order valence-corrected chi connectivity index (χ1v) is 11.8. The Morgan fingerprint density at radius 2 is 1.68 bits per heavy atom. The number of carbonyl (C=O) groups is 1. The summed E-state index contributed by atoms with van der Waals surface area (Å²) >= 11 is 6.42. The van der Waals surface area contributed by atoms with Crippen molar-refractivity contribution in [1.29, 1.82) is 0 Å². The molecule has 5 saturated carbocycles. The standard InChI is InChI=1S/C24H33ClN2O/c25-14-21-16-10-23(18-4-2-1-3-5-18)11-17(21)13-24(12-16,15-23)22(28)27-20-8-6-19(26)7-9-20/h1-5,16-17,19-21H,6-15,26H2,(H,27,28)/t16?,17?,19-,20-,21?,23?,24?. The zero-order valence-corrected chi connectivity index (χ0v) is 17.5. The third kappa shape index (κ3) is 3.01. The van der Waals surface area contributed by atoms with Gasteiger partial charge >= 0.3 is 0 Å². The molecule has 1 aromatic carbocycles. The maximum Gasteiger partial charge on any atom is 0.226 e. The van der Waals surface area contributed by atoms with Gasteiger partial charge in [0.15, 0.2) is 0 Å². The maximum atomic E-state index is 13.6. The average Bonchev–Trinajstić information content (AvgIpc) is 2.70. The summed E-state index contributed by atoms with van der Waals surface area (Å²) in [6.07, 6.45) is 9.63. The normalized spacial score (nSPS) is 44.4. The second-order valence-corrected chi connectivity index (χ2v) is 10.7. The number of rotatable bonds is 4. The number of nitrogens with two attached hydrogens (primary N) is 1. The van der Waals surface area contributed by atoms with Crippen LogP contribution in [0.4, 0.5) is 0 Å². The molecule has 1 amide bonds. The van der Waals surface area contributed by atoms with Crippen LogP contribution in [0.3, 0.4) is 0 Å². The second-order valence-electron chi connectivity index (χ2n) is 10.3. The smallest absolute Gasteiger partial charge is 0.226 e. The molecule has 1 aromatic rings. The van der Waals surface area contributed by atoms with Gasteiger partial charge < -0.3 is 11.1 Å². The van der Waals surface area contributed by atoms with Gasteiger partial charge in [-0.2, -0.15) is 0 Å². The Labute approximate surface area is 173 Å². The number of hydrogen-bond acceptors (Lipinski definition) is 2. The summed E-state index contributed by atoms with van der Waals surface area (Å²) in [5, 5.41) is 3.47. The molecule has 4 bridgehead atoms. The van der Waals surface area contributed by atoms with E-state index in [9.17, 15) is 4.79 Å². The van der Waals surface area contributed by atoms with Crippen LogP contribution in [0.5, 0.6) is 0 Å². The molecule has 2 unspecified atom stereocenters. The first-order valence-electron chi connectivity index (χ1n) is 11.2. The fourth-order valence-corrected chi connectivity index (χ4v) is 8.00. The summed E-state index contributed by atoms with van der Waals surface area (Å²) in [6, 6.07) is 11.6. The van der Waals surface area contributed by atoms with Crippen molar-refractivity contribution >= 4 is 17.5 Å². The molecule has 5 aliphatic rings. The Morgan fingerprint density at radius 1 is 1.04 bits per heavy atom. The largest absolute Gasteiger partial charge is 0.353 e. The summed E-state index contributed by atoms with van der Waals surface area (Å²) in [5.41, 5.74) is 7.48. The second kappa shape index (κ2) is 7.02. The van der Waals surface area contributed by atoms with Gasteiger partial charge in [-0.25, -0.2) is 0 Å². The lowest BCUT2D eigenvalue weighted by Gasteiger charge is -2.64. The lowest BCUT2D eigenvalue weighted by molar-refractivity contribution is -0.156. The van der Waals surface area contributed by atoms with Crippen molar-refractivity contribution in [3.63, 3.8) is 0 Å². The minimum absolute atomic E-state index is 0.169. The van der Waals surface area contributed by atoms with E-state index >= 15 is 0 Å². The van der Waals surface area contributed by atoms with Crippen LogP contribution in [0.25, 0.3) is 0 Å². The van der Waals surface area contributed by atoms with Crippen molar-refractivity contribution in [2.75, 3.05) is 5.88 Å². The number of benzene rings is 1. The number of amides is 1. The Kier molecular flexibility index (Phi) is 4.75. The third-order valence-corrected chi connectivity index (χ3v) is 9.01. The molecule has 3 N–H and O–H groups in total. The van der Waals surface area contributed by atoms with E-state index in [2.05, 4.69) is 35.6 Å². The van der Waals surface area contributed by atoms with E-state index in [-0.39, 0.29) is 10.8 Å². The number of carbonyl (C=O) groups excluding carboxylic acids is 1. The number of alkyl halides is 1. The predicted octanol–water partition coefficient (Wildman–Crippen LogP) is 4.38. The van der Waals surface area contributed by atoms with Crippen LogP contribution in [0.1, 0.15) is 63.4 Å². The van der Waals surface area contributed by atoms with E-state index < -0.39 is 0 Å². The lowest BCUT2D eigenvalue weighted by atomic mass is 9.40. The van der Waals surface area contributed by atoms with Gasteiger partial charge in [-0.05, 0) is 86.5 Å². The zero-order chi connectivity index (χ0) is 19.4. The summed E-state index contributed by atoms with van der Waals surface area (Å²) in [5.74, 6) is 2.84. The highest BCUT2D eigenvalue weighted by atomic mass is 35.5. The van der Waals surface area contributed by atoms with Crippen LogP contribution >= 0.6 is 11.6 Å². The quantitative estimate of drug-likeness (QED) is 0.737. The molecule has 28 heavy (non-hydrogen) atoms. The average molecular weight is 401 g/mol. The van der Waals surface area contributed by atoms with Gasteiger partial charge in [-0.15, -0.1) is 11.6 Å². The summed E-state index contributed by atoms with van der Waals surface area (Å²) < 4.78 is 0. The van der Waals surface area contributed by atoms with E-state index in [0.717, 1.165) is 50.8 Å². The summed E-state index contributed by atoms with van der Waals surface area (Å²) in [7, 11) is 0. The summed E-state index contributed by atoms with van der Waals surface area (Å²) in [6.45, 7) is 0. The van der Waals surface area contributed by atoms with Gasteiger partial charge in [-0.3, -0.25) is 4.79 Å². The fourth-order valence-electron chi connectivity index (χ4n) is 7.49. The van der Waals surface area contributed by atoms with Crippen molar-refractivity contribution < 1.29 is 4.79 Å². The van der Waals surface area contributed by atoms with Crippen LogP contribution in [0.15, 0.2) is 30.3 Å². The highest BCUT2D eigenvalue weighted by Gasteiger charge is 2.63. The van der Waals surface area contributed by atoms with Gasteiger partial charge in [0.05, 0.1) is 5.41 Å². The van der Waals surface area contributed by atoms with Gasteiger partial charge in [0.25, 0.3) is 0 Å². The topological polar surface area (TPSA) is 55.1 Å². The molecule has 5 aliphatic carbocycles. The van der Waals surface area contributed by atoms with E-state index in [0.29, 0.717) is 35.7 Å². The van der Waals surface area contributed by atoms with Gasteiger partial charge in [0, 0.05) is 18.0 Å². The van der Waals surface area contributed by atoms with Crippen molar-refractivity contribution in [2.24, 2.45) is 28.9 Å². The third-order valence-electron chi connectivity index (χ3n) is 8.65. The number of halogens is 1. The predicted molar refractivity (Wildman–Crippen MR) is 113 cm³/mol. The summed E-state index contributed by atoms with van der Waals surface area (Å²) in [4.78, 5) is 13.6. The molecule has 6 rings (SSSR count). The van der Waals surface area contributed by atoms with Crippen molar-refractivity contribution in [2.45, 2.75) is 75.3 Å².